The van der Waals surface area contributed by atoms with E-state index in [1.54, 1.807) is 25.3 Å². The summed E-state index contributed by atoms with van der Waals surface area (Å²) in [6.07, 6.45) is 1.71. The van der Waals surface area contributed by atoms with Gasteiger partial charge in [-0.05, 0) is 55.5 Å². The molecule has 2 aromatic heterocycles. The molecule has 2 heterocycles. The van der Waals surface area contributed by atoms with Gasteiger partial charge in [0, 0.05) is 17.5 Å². The average molecular weight is 439 g/mol. The molecule has 0 atom stereocenters. The van der Waals surface area contributed by atoms with Gasteiger partial charge in [-0.1, -0.05) is 17.8 Å². The van der Waals surface area contributed by atoms with Crippen LogP contribution >= 0.6 is 11.8 Å². The second kappa shape index (κ2) is 9.26. The van der Waals surface area contributed by atoms with Crippen LogP contribution in [0, 0.1) is 11.6 Å². The van der Waals surface area contributed by atoms with Crippen molar-refractivity contribution in [2.45, 2.75) is 24.4 Å². The van der Waals surface area contributed by atoms with Gasteiger partial charge in [0.05, 0.1) is 35.4 Å². The van der Waals surface area contributed by atoms with E-state index in [1.165, 1.54) is 17.8 Å². The Hall–Kier alpha value is -3.26. The molecule has 2 aromatic carbocycles. The van der Waals surface area contributed by atoms with E-state index >= 15 is 0 Å². The van der Waals surface area contributed by atoms with Crippen molar-refractivity contribution in [2.24, 2.45) is 0 Å². The first-order valence-corrected chi connectivity index (χ1v) is 10.7. The summed E-state index contributed by atoms with van der Waals surface area (Å²) in [5.74, 6) is -1.16. The minimum absolute atomic E-state index is 0.208. The van der Waals surface area contributed by atoms with Gasteiger partial charge in [0.25, 0.3) is 0 Å². The molecule has 0 saturated heterocycles. The predicted octanol–water partition coefficient (Wildman–Crippen LogP) is 5.23. The fraction of sp³-hybridized carbons (Fsp3) is 0.174. The third-order valence-corrected chi connectivity index (χ3v) is 5.66. The van der Waals surface area contributed by atoms with Crippen molar-refractivity contribution in [3.63, 3.8) is 0 Å². The number of ether oxygens (including phenoxy) is 1. The lowest BCUT2D eigenvalue weighted by Crippen LogP contribution is -2.05. The predicted molar refractivity (Wildman–Crippen MR) is 115 cm³/mol. The molecule has 0 saturated carbocycles. The van der Waals surface area contributed by atoms with Gasteiger partial charge in [0.1, 0.15) is 11.6 Å². The number of nitrogens with zero attached hydrogens (tertiary/aromatic N) is 3. The lowest BCUT2D eigenvalue weighted by molar-refractivity contribution is 0.0526. The highest BCUT2D eigenvalue weighted by atomic mass is 32.2. The first-order valence-electron chi connectivity index (χ1n) is 9.69. The molecular weight excluding hydrogens is 420 g/mol. The molecule has 0 fully saturated rings. The SMILES string of the molecule is CCOC(=O)c1ccc2c(c1)nc(SCc1cc(F)ccc1F)n2Cc1ccccn1. The third-order valence-electron chi connectivity index (χ3n) is 4.64. The van der Waals surface area contributed by atoms with Crippen LogP contribution in [0.25, 0.3) is 11.0 Å². The van der Waals surface area contributed by atoms with E-state index in [1.807, 2.05) is 28.8 Å². The first-order chi connectivity index (χ1) is 15.0. The standard InChI is InChI=1S/C23H19F2N3O2S/c1-2-30-22(29)15-6-9-21-20(12-15)27-23(28(21)13-18-5-3-4-10-26-18)31-14-16-11-17(24)7-8-19(16)25/h3-12H,2,13-14H2,1H3. The van der Waals surface area contributed by atoms with Crippen LogP contribution in [0.4, 0.5) is 8.78 Å². The van der Waals surface area contributed by atoms with E-state index in [4.69, 9.17) is 4.74 Å². The fourth-order valence-corrected chi connectivity index (χ4v) is 4.15. The summed E-state index contributed by atoms with van der Waals surface area (Å²) in [6.45, 7) is 2.48. The molecule has 0 unspecified atom stereocenters. The Morgan fingerprint density at radius 3 is 2.77 bits per heavy atom. The number of halogens is 2. The molecule has 0 radical (unpaired) electrons. The van der Waals surface area contributed by atoms with Gasteiger partial charge in [-0.15, -0.1) is 0 Å². The fourth-order valence-electron chi connectivity index (χ4n) is 3.16. The summed E-state index contributed by atoms with van der Waals surface area (Å²) < 4.78 is 34.6. The zero-order valence-electron chi connectivity index (χ0n) is 16.7. The molecule has 0 spiro atoms. The van der Waals surface area contributed by atoms with Gasteiger partial charge in [0.2, 0.25) is 0 Å². The normalized spacial score (nSPS) is 11.1. The Labute approximate surface area is 182 Å². The van der Waals surface area contributed by atoms with Crippen LogP contribution < -0.4 is 0 Å². The zero-order valence-corrected chi connectivity index (χ0v) is 17.5. The quantitative estimate of drug-likeness (QED) is 0.292. The van der Waals surface area contributed by atoms with Crippen LogP contribution in [0.5, 0.6) is 0 Å². The number of aromatic nitrogens is 3. The molecule has 4 aromatic rings. The van der Waals surface area contributed by atoms with Gasteiger partial charge < -0.3 is 9.30 Å². The van der Waals surface area contributed by atoms with E-state index in [0.29, 0.717) is 22.8 Å². The summed E-state index contributed by atoms with van der Waals surface area (Å²) >= 11 is 1.29. The maximum absolute atomic E-state index is 14.1. The maximum atomic E-state index is 14.1. The Kier molecular flexibility index (Phi) is 6.27. The molecule has 158 valence electrons. The number of benzene rings is 2. The van der Waals surface area contributed by atoms with Crippen molar-refractivity contribution in [3.05, 3.63) is 89.2 Å². The van der Waals surface area contributed by atoms with Gasteiger partial charge in [-0.2, -0.15) is 0 Å². The molecule has 5 nitrogen and oxygen atoms in total. The smallest absolute Gasteiger partial charge is 0.338 e. The summed E-state index contributed by atoms with van der Waals surface area (Å²) in [6, 6.07) is 14.2. The molecule has 0 amide bonds. The first kappa shape index (κ1) is 21.0. The molecule has 0 aliphatic carbocycles. The Morgan fingerprint density at radius 2 is 2.00 bits per heavy atom. The number of esters is 1. The molecule has 4 rings (SSSR count). The van der Waals surface area contributed by atoms with Crippen LogP contribution in [0.15, 0.2) is 66.0 Å². The van der Waals surface area contributed by atoms with E-state index in [0.717, 1.165) is 23.3 Å². The highest BCUT2D eigenvalue weighted by Gasteiger charge is 2.16. The van der Waals surface area contributed by atoms with Crippen LogP contribution in [0.3, 0.4) is 0 Å². The largest absolute Gasteiger partial charge is 0.462 e. The van der Waals surface area contributed by atoms with Crippen molar-refractivity contribution in [1.29, 1.82) is 0 Å². The Bertz CT molecular complexity index is 1230. The number of carbonyl (C=O) groups excluding carboxylic acids is 1. The second-order valence-corrected chi connectivity index (χ2v) is 7.69. The number of pyridine rings is 1. The van der Waals surface area contributed by atoms with Crippen molar-refractivity contribution < 1.29 is 18.3 Å². The van der Waals surface area contributed by atoms with Gasteiger partial charge in [-0.25, -0.2) is 18.6 Å². The number of hydrogen-bond donors (Lipinski definition) is 0. The van der Waals surface area contributed by atoms with Crippen LogP contribution in [0.2, 0.25) is 0 Å². The minimum Gasteiger partial charge on any atom is -0.462 e. The van der Waals surface area contributed by atoms with E-state index < -0.39 is 17.6 Å². The van der Waals surface area contributed by atoms with Crippen molar-refractivity contribution in [1.82, 2.24) is 14.5 Å². The van der Waals surface area contributed by atoms with E-state index in [9.17, 15) is 13.6 Å². The highest BCUT2D eigenvalue weighted by Crippen LogP contribution is 2.29. The Balaban J connectivity index is 1.71. The summed E-state index contributed by atoms with van der Waals surface area (Å²) in [5, 5.41) is 0.616. The Morgan fingerprint density at radius 1 is 1.13 bits per heavy atom. The summed E-state index contributed by atoms with van der Waals surface area (Å²) in [5.41, 5.74) is 2.91. The number of rotatable bonds is 7. The van der Waals surface area contributed by atoms with Crippen LogP contribution in [-0.2, 0) is 17.0 Å². The monoisotopic (exact) mass is 439 g/mol. The number of thioether (sulfide) groups is 1. The van der Waals surface area contributed by atoms with Gasteiger partial charge in [0.15, 0.2) is 5.16 Å². The summed E-state index contributed by atoms with van der Waals surface area (Å²) in [7, 11) is 0. The number of carbonyl (C=O) groups is 1. The molecular formula is C23H19F2N3O2S. The van der Waals surface area contributed by atoms with Gasteiger partial charge >= 0.3 is 5.97 Å². The highest BCUT2D eigenvalue weighted by molar-refractivity contribution is 7.98. The van der Waals surface area contributed by atoms with E-state index in [-0.39, 0.29) is 17.9 Å². The topological polar surface area (TPSA) is 57.0 Å². The lowest BCUT2D eigenvalue weighted by Gasteiger charge is -2.09. The third kappa shape index (κ3) is 4.74. The molecule has 31 heavy (non-hydrogen) atoms. The number of fused-ring (bicyclic) bond motifs is 1. The van der Waals surface area contributed by atoms with Crippen molar-refractivity contribution in [2.75, 3.05) is 6.61 Å². The van der Waals surface area contributed by atoms with Gasteiger partial charge in [-0.3, -0.25) is 4.98 Å². The van der Waals surface area contributed by atoms with Crippen LogP contribution in [0.1, 0.15) is 28.5 Å². The molecule has 0 aliphatic rings. The van der Waals surface area contributed by atoms with Crippen molar-refractivity contribution in [3.8, 4) is 0 Å². The molecule has 8 heteroatoms. The second-order valence-electron chi connectivity index (χ2n) is 6.75. The van der Waals surface area contributed by atoms with Crippen LogP contribution in [-0.4, -0.2) is 27.1 Å². The average Bonchev–Trinajstić information content (AvgIpc) is 3.11. The number of imidazole rings is 1. The molecule has 0 N–H and O–H groups in total. The maximum Gasteiger partial charge on any atom is 0.338 e. The van der Waals surface area contributed by atoms with E-state index in [2.05, 4.69) is 9.97 Å². The summed E-state index contributed by atoms with van der Waals surface area (Å²) in [4.78, 5) is 21.1. The lowest BCUT2D eigenvalue weighted by atomic mass is 10.2. The molecule has 0 aliphatic heterocycles. The number of hydrogen-bond acceptors (Lipinski definition) is 5. The molecule has 0 bridgehead atoms. The minimum atomic E-state index is -0.488. The van der Waals surface area contributed by atoms with Crippen molar-refractivity contribution >= 4 is 28.8 Å². The zero-order chi connectivity index (χ0) is 21.8.